The largest absolute Gasteiger partial charge is 0.278 e. The summed E-state index contributed by atoms with van der Waals surface area (Å²) in [6.45, 7) is 0. The minimum absolute atomic E-state index is 0.0222. The first-order valence-corrected chi connectivity index (χ1v) is 6.29. The van der Waals surface area contributed by atoms with E-state index >= 15 is 0 Å². The highest BCUT2D eigenvalue weighted by Gasteiger charge is 2.38. The number of piperidine rings is 1. The Kier molecular flexibility index (Phi) is 4.25. The smallest absolute Gasteiger partial charge is 0.269 e. The summed E-state index contributed by atoms with van der Waals surface area (Å²) in [4.78, 5) is 57.3. The van der Waals surface area contributed by atoms with Crippen LogP contribution < -0.4 is 4.90 Å². The molecule has 0 bridgehead atoms. The molecule has 1 saturated heterocycles. The van der Waals surface area contributed by atoms with Crippen LogP contribution in [0.1, 0.15) is 12.8 Å². The molecule has 0 aromatic heterocycles. The Morgan fingerprint density at radius 2 is 1.77 bits per heavy atom. The monoisotopic (exact) mass is 305 g/mol. The molecular weight excluding hydrogens is 294 g/mol. The molecule has 1 aromatic rings. The van der Waals surface area contributed by atoms with Crippen LogP contribution in [0.5, 0.6) is 0 Å². The topological polar surface area (TPSA) is 118 Å². The maximum Gasteiger partial charge on any atom is 0.269 e. The molecule has 2 rings (SSSR count). The van der Waals surface area contributed by atoms with E-state index in [1.54, 1.807) is 0 Å². The summed E-state index contributed by atoms with van der Waals surface area (Å²) >= 11 is 0. The van der Waals surface area contributed by atoms with Crippen molar-refractivity contribution in [2.24, 2.45) is 0 Å². The summed E-state index contributed by atoms with van der Waals surface area (Å²) < 4.78 is 0. The van der Waals surface area contributed by atoms with Gasteiger partial charge in [0, 0.05) is 18.6 Å². The van der Waals surface area contributed by atoms with Gasteiger partial charge >= 0.3 is 0 Å². The van der Waals surface area contributed by atoms with E-state index in [-0.39, 0.29) is 37.0 Å². The summed E-state index contributed by atoms with van der Waals surface area (Å²) in [5.41, 5.74) is -0.0262. The van der Waals surface area contributed by atoms with Crippen LogP contribution in [-0.4, -0.2) is 40.5 Å². The number of nitro benzene ring substituents is 1. The summed E-state index contributed by atoms with van der Waals surface area (Å²) in [6.07, 6.45) is 0.475. The number of hydrogen-bond donors (Lipinski definition) is 0. The van der Waals surface area contributed by atoms with Gasteiger partial charge in [-0.05, 0) is 18.6 Å². The molecule has 0 N–H and O–H groups in total. The molecule has 22 heavy (non-hydrogen) atoms. The van der Waals surface area contributed by atoms with E-state index in [2.05, 4.69) is 0 Å². The minimum atomic E-state index is -1.05. The van der Waals surface area contributed by atoms with Gasteiger partial charge in [0.2, 0.25) is 18.7 Å². The van der Waals surface area contributed by atoms with E-state index in [0.29, 0.717) is 4.90 Å². The molecule has 1 aliphatic rings. The van der Waals surface area contributed by atoms with Gasteiger partial charge in [0.05, 0.1) is 10.6 Å². The van der Waals surface area contributed by atoms with E-state index in [1.165, 1.54) is 12.1 Å². The third-order valence-electron chi connectivity index (χ3n) is 3.31. The van der Waals surface area contributed by atoms with Crippen LogP contribution in [0.3, 0.4) is 0 Å². The Labute approximate surface area is 124 Å². The van der Waals surface area contributed by atoms with Crippen LogP contribution >= 0.6 is 0 Å². The van der Waals surface area contributed by atoms with E-state index in [0.717, 1.165) is 17.0 Å². The highest BCUT2D eigenvalue weighted by Crippen LogP contribution is 2.25. The molecular formula is C13H11N3O6. The van der Waals surface area contributed by atoms with Crippen molar-refractivity contribution in [1.82, 2.24) is 4.90 Å². The lowest BCUT2D eigenvalue weighted by molar-refractivity contribution is -0.384. The first-order valence-electron chi connectivity index (χ1n) is 6.29. The van der Waals surface area contributed by atoms with E-state index < -0.39 is 22.8 Å². The number of rotatable bonds is 5. The normalized spacial score (nSPS) is 18.0. The average molecular weight is 305 g/mol. The second-order valence-corrected chi connectivity index (χ2v) is 4.55. The fraction of sp³-hybridized carbons (Fsp3) is 0.231. The van der Waals surface area contributed by atoms with Gasteiger partial charge in [-0.1, -0.05) is 0 Å². The van der Waals surface area contributed by atoms with E-state index in [4.69, 9.17) is 0 Å². The highest BCUT2D eigenvalue weighted by molar-refractivity contribution is 6.19. The molecule has 0 aliphatic carbocycles. The molecule has 114 valence electrons. The quantitative estimate of drug-likeness (QED) is 0.332. The van der Waals surface area contributed by atoms with Gasteiger partial charge in [0.1, 0.15) is 6.04 Å². The lowest BCUT2D eigenvalue weighted by Gasteiger charge is -2.33. The number of anilines is 1. The molecule has 9 heteroatoms. The molecule has 0 unspecified atom stereocenters. The Bertz CT molecular complexity index is 634. The molecule has 0 radical (unpaired) electrons. The number of non-ortho nitro benzene ring substituents is 1. The van der Waals surface area contributed by atoms with Gasteiger partial charge < -0.3 is 0 Å². The highest BCUT2D eigenvalue weighted by atomic mass is 16.6. The van der Waals surface area contributed by atoms with Gasteiger partial charge in [-0.15, -0.1) is 0 Å². The average Bonchev–Trinajstić information content (AvgIpc) is 2.51. The van der Waals surface area contributed by atoms with Gasteiger partial charge in [0.25, 0.3) is 11.6 Å². The van der Waals surface area contributed by atoms with Crippen molar-refractivity contribution >= 4 is 36.0 Å². The molecule has 1 aromatic carbocycles. The van der Waals surface area contributed by atoms with Crippen LogP contribution in [0.25, 0.3) is 0 Å². The Morgan fingerprint density at radius 1 is 1.18 bits per heavy atom. The molecule has 0 saturated carbocycles. The maximum absolute atomic E-state index is 12.3. The first-order chi connectivity index (χ1) is 10.5. The molecule has 9 nitrogen and oxygen atoms in total. The number of imide groups is 2. The Balaban J connectivity index is 2.32. The number of nitrogens with zero attached hydrogens (tertiary/aromatic N) is 3. The SMILES string of the molecule is O=CN(C=O)[C@H]1CCC(=O)N(c2ccc([N+](=O)[O-])cc2)C1=O. The van der Waals surface area contributed by atoms with Crippen molar-refractivity contribution in [3.63, 3.8) is 0 Å². The van der Waals surface area contributed by atoms with Gasteiger partial charge in [-0.25, -0.2) is 4.90 Å². The number of benzene rings is 1. The summed E-state index contributed by atoms with van der Waals surface area (Å²) in [5.74, 6) is -1.21. The summed E-state index contributed by atoms with van der Waals surface area (Å²) in [7, 11) is 0. The van der Waals surface area contributed by atoms with E-state index in [1.807, 2.05) is 0 Å². The minimum Gasteiger partial charge on any atom is -0.278 e. The summed E-state index contributed by atoms with van der Waals surface area (Å²) in [6, 6.07) is 3.81. The van der Waals surface area contributed by atoms with Crippen LogP contribution in [0.15, 0.2) is 24.3 Å². The number of hydrogen-bond acceptors (Lipinski definition) is 6. The van der Waals surface area contributed by atoms with Crippen molar-refractivity contribution < 1.29 is 24.1 Å². The van der Waals surface area contributed by atoms with Crippen LogP contribution in [0, 0.1) is 10.1 Å². The standard InChI is InChI=1S/C13H11N3O6/c17-7-14(8-18)11-5-6-12(19)15(13(11)20)9-1-3-10(4-2-9)16(21)22/h1-4,7-8,11H,5-6H2/t11-/m0/s1. The van der Waals surface area contributed by atoms with Crippen LogP contribution in [-0.2, 0) is 19.2 Å². The number of nitro groups is 1. The van der Waals surface area contributed by atoms with Gasteiger partial charge in [-0.2, -0.15) is 0 Å². The first kappa shape index (κ1) is 15.3. The maximum atomic E-state index is 12.3. The molecule has 1 aliphatic heterocycles. The van der Waals surface area contributed by atoms with Crippen molar-refractivity contribution in [2.75, 3.05) is 4.90 Å². The molecule has 1 atom stereocenters. The Morgan fingerprint density at radius 3 is 2.27 bits per heavy atom. The zero-order valence-electron chi connectivity index (χ0n) is 11.2. The van der Waals surface area contributed by atoms with Crippen LogP contribution in [0.2, 0.25) is 0 Å². The number of carbonyl (C=O) groups is 4. The van der Waals surface area contributed by atoms with Crippen molar-refractivity contribution in [1.29, 1.82) is 0 Å². The zero-order chi connectivity index (χ0) is 16.3. The van der Waals surface area contributed by atoms with Crippen LogP contribution in [0.4, 0.5) is 11.4 Å². The number of carbonyl (C=O) groups excluding carboxylic acids is 4. The molecule has 1 fully saturated rings. The van der Waals surface area contributed by atoms with E-state index in [9.17, 15) is 29.3 Å². The number of amides is 4. The third kappa shape index (κ3) is 2.68. The van der Waals surface area contributed by atoms with Gasteiger partial charge in [-0.3, -0.25) is 34.2 Å². The lowest BCUT2D eigenvalue weighted by Crippen LogP contribution is -2.54. The molecule has 4 amide bonds. The van der Waals surface area contributed by atoms with Crippen molar-refractivity contribution in [2.45, 2.75) is 18.9 Å². The van der Waals surface area contributed by atoms with Crippen molar-refractivity contribution in [3.05, 3.63) is 34.4 Å². The molecule has 1 heterocycles. The van der Waals surface area contributed by atoms with Gasteiger partial charge in [0.15, 0.2) is 0 Å². The zero-order valence-corrected chi connectivity index (χ0v) is 11.2. The lowest BCUT2D eigenvalue weighted by atomic mass is 10.0. The van der Waals surface area contributed by atoms with Crippen molar-refractivity contribution in [3.8, 4) is 0 Å². The second kappa shape index (κ2) is 6.12. The Hall–Kier alpha value is -3.10. The molecule has 0 spiro atoms. The fourth-order valence-electron chi connectivity index (χ4n) is 2.21. The predicted octanol–water partition coefficient (Wildman–Crippen LogP) is 0.232. The second-order valence-electron chi connectivity index (χ2n) is 4.55. The predicted molar refractivity (Wildman–Crippen MR) is 72.6 cm³/mol. The fourth-order valence-corrected chi connectivity index (χ4v) is 2.21. The summed E-state index contributed by atoms with van der Waals surface area (Å²) in [5, 5.41) is 10.6. The third-order valence-corrected chi connectivity index (χ3v) is 3.31.